The first kappa shape index (κ1) is 26.7. The highest BCUT2D eigenvalue weighted by Gasteiger charge is 2.32. The molecule has 0 bridgehead atoms. The van der Waals surface area contributed by atoms with Crippen LogP contribution in [0.4, 0.5) is 22.0 Å². The van der Waals surface area contributed by atoms with Crippen molar-refractivity contribution < 1.29 is 26.7 Å². The maximum atomic E-state index is 15.0. The highest BCUT2D eigenvalue weighted by molar-refractivity contribution is 5.67. The van der Waals surface area contributed by atoms with E-state index < -0.39 is 23.7 Å². The summed E-state index contributed by atoms with van der Waals surface area (Å²) in [6, 6.07) is 6.20. The Kier molecular flexibility index (Phi) is 8.74. The Morgan fingerprint density at radius 3 is 2.25 bits per heavy atom. The van der Waals surface area contributed by atoms with E-state index in [-0.39, 0.29) is 11.1 Å². The molecule has 0 aliphatic heterocycles. The maximum absolute atomic E-state index is 15.0. The minimum Gasteiger partial charge on any atom is -0.403 e. The van der Waals surface area contributed by atoms with Crippen molar-refractivity contribution in [3.8, 4) is 16.9 Å². The summed E-state index contributed by atoms with van der Waals surface area (Å²) in [5.74, 6) is -0.915. The average molecular weight is 507 g/mol. The van der Waals surface area contributed by atoms with E-state index in [1.807, 2.05) is 0 Å². The van der Waals surface area contributed by atoms with E-state index in [2.05, 4.69) is 17.7 Å². The van der Waals surface area contributed by atoms with Gasteiger partial charge in [0.15, 0.2) is 11.6 Å². The smallest absolute Gasteiger partial charge is 0.403 e. The van der Waals surface area contributed by atoms with Gasteiger partial charge in [0.1, 0.15) is 5.82 Å². The highest BCUT2D eigenvalue weighted by atomic mass is 19.4. The monoisotopic (exact) mass is 506 g/mol. The fourth-order valence-electron chi connectivity index (χ4n) is 5.75. The molecule has 2 aromatic rings. The fourth-order valence-corrected chi connectivity index (χ4v) is 5.75. The minimum atomic E-state index is -4.99. The number of benzene rings is 2. The van der Waals surface area contributed by atoms with Crippen LogP contribution < -0.4 is 4.74 Å². The summed E-state index contributed by atoms with van der Waals surface area (Å²) in [6.07, 6.45) is 11.6. The topological polar surface area (TPSA) is 9.23 Å². The van der Waals surface area contributed by atoms with Crippen LogP contribution in [0.15, 0.2) is 42.0 Å². The van der Waals surface area contributed by atoms with Gasteiger partial charge in [0, 0.05) is 5.56 Å². The summed E-state index contributed by atoms with van der Waals surface area (Å²) in [5, 5.41) is 0. The molecule has 196 valence electrons. The van der Waals surface area contributed by atoms with Crippen molar-refractivity contribution in [3.63, 3.8) is 0 Å². The van der Waals surface area contributed by atoms with Crippen molar-refractivity contribution in [2.24, 2.45) is 11.8 Å². The molecular formula is C30H35F5O. The largest absolute Gasteiger partial charge is 0.573 e. The maximum Gasteiger partial charge on any atom is 0.573 e. The van der Waals surface area contributed by atoms with E-state index >= 15 is 0 Å². The van der Waals surface area contributed by atoms with Gasteiger partial charge in [0.25, 0.3) is 0 Å². The van der Waals surface area contributed by atoms with Crippen molar-refractivity contribution in [1.29, 1.82) is 0 Å². The molecule has 0 amide bonds. The first-order valence-corrected chi connectivity index (χ1v) is 13.3. The molecule has 2 aliphatic carbocycles. The summed E-state index contributed by atoms with van der Waals surface area (Å²) in [5.41, 5.74) is 3.62. The van der Waals surface area contributed by atoms with Crippen LogP contribution in [0.5, 0.6) is 5.75 Å². The van der Waals surface area contributed by atoms with Gasteiger partial charge < -0.3 is 4.74 Å². The van der Waals surface area contributed by atoms with Crippen molar-refractivity contribution in [2.45, 2.75) is 90.3 Å². The quantitative estimate of drug-likeness (QED) is 0.187. The zero-order valence-corrected chi connectivity index (χ0v) is 20.9. The Balaban J connectivity index is 1.34. The first-order valence-electron chi connectivity index (χ1n) is 13.3. The predicted molar refractivity (Wildman–Crippen MR) is 133 cm³/mol. The van der Waals surface area contributed by atoms with Crippen molar-refractivity contribution >= 4 is 0 Å². The third-order valence-electron chi connectivity index (χ3n) is 7.84. The molecule has 0 aromatic heterocycles. The van der Waals surface area contributed by atoms with E-state index in [1.54, 1.807) is 6.07 Å². The number of rotatable bonds is 9. The van der Waals surface area contributed by atoms with Gasteiger partial charge >= 0.3 is 6.36 Å². The molecule has 0 radical (unpaired) electrons. The second-order valence-electron chi connectivity index (χ2n) is 10.5. The highest BCUT2D eigenvalue weighted by Crippen LogP contribution is 2.37. The van der Waals surface area contributed by atoms with Gasteiger partial charge in [-0.2, -0.15) is 0 Å². The molecule has 2 aromatic carbocycles. The van der Waals surface area contributed by atoms with E-state index in [0.717, 1.165) is 41.5 Å². The van der Waals surface area contributed by atoms with Crippen molar-refractivity contribution in [3.05, 3.63) is 64.7 Å². The van der Waals surface area contributed by atoms with Gasteiger partial charge in [0.2, 0.25) is 0 Å². The molecule has 0 heterocycles. The standard InChI is InChI=1S/C30H35F5O/c1-2-3-4-5-20-6-8-21(9-7-20)10-11-22-12-13-23-17-26(27(31)19-25(23)16-22)24-14-15-29(28(32)18-24)36-30(33,34)35/h12,14-15,17-21H,2-11,13,16H2,1H3. The van der Waals surface area contributed by atoms with Gasteiger partial charge in [0.05, 0.1) is 0 Å². The Morgan fingerprint density at radius 2 is 1.58 bits per heavy atom. The van der Waals surface area contributed by atoms with Crippen LogP contribution in [-0.2, 0) is 12.8 Å². The van der Waals surface area contributed by atoms with Crippen molar-refractivity contribution in [1.82, 2.24) is 0 Å². The number of hydrogen-bond acceptors (Lipinski definition) is 1. The van der Waals surface area contributed by atoms with Crippen molar-refractivity contribution in [2.75, 3.05) is 0 Å². The zero-order valence-electron chi connectivity index (χ0n) is 20.9. The molecule has 0 N–H and O–H groups in total. The number of fused-ring (bicyclic) bond motifs is 1. The van der Waals surface area contributed by atoms with Gasteiger partial charge in [-0.05, 0) is 78.5 Å². The van der Waals surface area contributed by atoms with E-state index in [0.29, 0.717) is 12.8 Å². The molecule has 1 saturated carbocycles. The predicted octanol–water partition coefficient (Wildman–Crippen LogP) is 9.72. The number of halogens is 5. The molecule has 0 unspecified atom stereocenters. The second kappa shape index (κ2) is 11.8. The molecular weight excluding hydrogens is 471 g/mol. The van der Waals surface area contributed by atoms with Crippen LogP contribution in [0.3, 0.4) is 0 Å². The number of allylic oxidation sites excluding steroid dienone is 2. The molecule has 6 heteroatoms. The summed E-state index contributed by atoms with van der Waals surface area (Å²) < 4.78 is 70.0. The van der Waals surface area contributed by atoms with Crippen LogP contribution in [0, 0.1) is 23.5 Å². The second-order valence-corrected chi connectivity index (χ2v) is 10.5. The lowest BCUT2D eigenvalue weighted by molar-refractivity contribution is -0.275. The fraction of sp³-hybridized carbons (Fsp3) is 0.533. The lowest BCUT2D eigenvalue weighted by Crippen LogP contribution is -2.17. The SMILES string of the molecule is CCCCCC1CCC(CCC2=CCc3cc(-c4ccc(OC(F)(F)F)c(F)c4)c(F)cc3C2)CC1. The Hall–Kier alpha value is -2.37. The summed E-state index contributed by atoms with van der Waals surface area (Å²) in [4.78, 5) is 0. The van der Waals surface area contributed by atoms with Gasteiger partial charge in [-0.3, -0.25) is 0 Å². The normalized spacial score (nSPS) is 20.1. The number of ether oxygens (including phenoxy) is 1. The van der Waals surface area contributed by atoms with Gasteiger partial charge in [-0.15, -0.1) is 13.2 Å². The van der Waals surface area contributed by atoms with E-state index in [9.17, 15) is 22.0 Å². The Morgan fingerprint density at radius 1 is 0.861 bits per heavy atom. The summed E-state index contributed by atoms with van der Waals surface area (Å²) in [6.45, 7) is 2.25. The number of alkyl halides is 3. The molecule has 36 heavy (non-hydrogen) atoms. The first-order chi connectivity index (χ1) is 17.2. The van der Waals surface area contributed by atoms with Gasteiger partial charge in [-0.25, -0.2) is 8.78 Å². The Labute approximate surface area is 210 Å². The summed E-state index contributed by atoms with van der Waals surface area (Å²) in [7, 11) is 0. The molecule has 1 nitrogen and oxygen atoms in total. The lowest BCUT2D eigenvalue weighted by Gasteiger charge is -2.29. The van der Waals surface area contributed by atoms with Crippen LogP contribution in [0.25, 0.3) is 11.1 Å². The van der Waals surface area contributed by atoms with Gasteiger partial charge in [-0.1, -0.05) is 76.0 Å². The molecule has 1 fully saturated rings. The van der Waals surface area contributed by atoms with Crippen LogP contribution in [0.2, 0.25) is 0 Å². The third-order valence-corrected chi connectivity index (χ3v) is 7.84. The van der Waals surface area contributed by atoms with Crippen LogP contribution in [-0.4, -0.2) is 6.36 Å². The third kappa shape index (κ3) is 7.10. The number of unbranched alkanes of at least 4 members (excludes halogenated alkanes) is 2. The molecule has 0 atom stereocenters. The van der Waals surface area contributed by atoms with E-state index in [4.69, 9.17) is 0 Å². The molecule has 2 aliphatic rings. The number of hydrogen-bond donors (Lipinski definition) is 0. The van der Waals surface area contributed by atoms with E-state index in [1.165, 1.54) is 75.5 Å². The average Bonchev–Trinajstić information content (AvgIpc) is 2.84. The lowest BCUT2D eigenvalue weighted by atomic mass is 9.77. The minimum absolute atomic E-state index is 0.179. The Bertz CT molecular complexity index is 1060. The molecule has 0 spiro atoms. The zero-order chi connectivity index (χ0) is 25.7. The van der Waals surface area contributed by atoms with Crippen LogP contribution >= 0.6 is 0 Å². The van der Waals surface area contributed by atoms with Crippen LogP contribution in [0.1, 0.15) is 82.3 Å². The summed E-state index contributed by atoms with van der Waals surface area (Å²) >= 11 is 0. The molecule has 0 saturated heterocycles. The molecule has 4 rings (SSSR count).